The summed E-state index contributed by atoms with van der Waals surface area (Å²) in [6, 6.07) is 8.60. The van der Waals surface area contributed by atoms with E-state index in [-0.39, 0.29) is 13.2 Å². The minimum Gasteiger partial charge on any atom is -0.494 e. The maximum atomic E-state index is 11.8. The summed E-state index contributed by atoms with van der Waals surface area (Å²) < 4.78 is 45.5. The summed E-state index contributed by atoms with van der Waals surface area (Å²) in [6.07, 6.45) is -4.58. The van der Waals surface area contributed by atoms with Crippen LogP contribution in [0.5, 0.6) is 5.75 Å². The molecule has 0 saturated carbocycles. The number of rotatable bonds is 7. The Morgan fingerprint density at radius 3 is 2.32 bits per heavy atom. The molecule has 0 aliphatic heterocycles. The van der Waals surface area contributed by atoms with E-state index in [1.165, 1.54) is 0 Å². The molecule has 19 heavy (non-hydrogen) atoms. The number of benzene rings is 1. The lowest BCUT2D eigenvalue weighted by atomic mass is 10.2. The Morgan fingerprint density at radius 1 is 1.05 bits per heavy atom. The van der Waals surface area contributed by atoms with Crippen molar-refractivity contribution in [3.63, 3.8) is 0 Å². The van der Waals surface area contributed by atoms with Gasteiger partial charge in [0.15, 0.2) is 0 Å². The minimum absolute atomic E-state index is 0.229. The number of nitriles is 1. The zero-order chi connectivity index (χ0) is 14.1. The lowest BCUT2D eigenvalue weighted by Crippen LogP contribution is -2.12. The van der Waals surface area contributed by atoms with Gasteiger partial charge in [0.25, 0.3) is 0 Å². The van der Waals surface area contributed by atoms with Gasteiger partial charge in [0, 0.05) is 13.0 Å². The average Bonchev–Trinajstić information content (AvgIpc) is 2.37. The largest absolute Gasteiger partial charge is 0.494 e. The molecule has 0 atom stereocenters. The first-order chi connectivity index (χ1) is 9.01. The van der Waals surface area contributed by atoms with E-state index in [1.54, 1.807) is 24.3 Å². The number of ether oxygens (including phenoxy) is 2. The smallest absolute Gasteiger partial charge is 0.391 e. The monoisotopic (exact) mass is 273 g/mol. The number of hydrogen-bond acceptors (Lipinski definition) is 3. The summed E-state index contributed by atoms with van der Waals surface area (Å²) in [5.74, 6) is 0.620. The minimum atomic E-state index is -4.17. The molecule has 3 nitrogen and oxygen atoms in total. The third-order valence-electron chi connectivity index (χ3n) is 2.22. The average molecular weight is 273 g/mol. The van der Waals surface area contributed by atoms with E-state index < -0.39 is 12.6 Å². The molecule has 0 heterocycles. The van der Waals surface area contributed by atoms with Crippen LogP contribution in [0.2, 0.25) is 0 Å². The number of halogens is 3. The molecule has 1 aromatic rings. The van der Waals surface area contributed by atoms with Gasteiger partial charge in [0.2, 0.25) is 0 Å². The normalized spacial score (nSPS) is 11.1. The molecular formula is C13H14F3NO2. The molecule has 0 radical (unpaired) electrons. The standard InChI is InChI=1S/C13H14F3NO2/c14-13(15,16)6-9-18-7-1-8-19-12-4-2-11(10-17)3-5-12/h2-5H,1,6-9H2. The molecule has 0 unspecified atom stereocenters. The van der Waals surface area contributed by atoms with Crippen LogP contribution < -0.4 is 4.74 Å². The highest BCUT2D eigenvalue weighted by Crippen LogP contribution is 2.19. The van der Waals surface area contributed by atoms with Gasteiger partial charge in [-0.3, -0.25) is 0 Å². The van der Waals surface area contributed by atoms with Gasteiger partial charge in [-0.05, 0) is 24.3 Å². The van der Waals surface area contributed by atoms with Crippen LogP contribution >= 0.6 is 0 Å². The van der Waals surface area contributed by atoms with E-state index >= 15 is 0 Å². The molecule has 1 aromatic carbocycles. The molecule has 0 aliphatic rings. The fraction of sp³-hybridized carbons (Fsp3) is 0.462. The Bertz CT molecular complexity index is 409. The number of alkyl halides is 3. The van der Waals surface area contributed by atoms with E-state index in [9.17, 15) is 13.2 Å². The zero-order valence-electron chi connectivity index (χ0n) is 10.2. The maximum absolute atomic E-state index is 11.8. The summed E-state index contributed by atoms with van der Waals surface area (Å²) in [6.45, 7) is 0.268. The summed E-state index contributed by atoms with van der Waals surface area (Å²) in [5, 5.41) is 8.59. The van der Waals surface area contributed by atoms with Gasteiger partial charge in [0.05, 0.1) is 31.3 Å². The van der Waals surface area contributed by atoms with E-state index in [1.807, 2.05) is 6.07 Å². The second kappa shape index (κ2) is 7.64. The Labute approximate surface area is 109 Å². The first kappa shape index (κ1) is 15.3. The van der Waals surface area contributed by atoms with Gasteiger partial charge in [0.1, 0.15) is 5.75 Å². The van der Waals surface area contributed by atoms with E-state index in [0.717, 1.165) is 0 Å². The third kappa shape index (κ3) is 7.32. The first-order valence-corrected chi connectivity index (χ1v) is 5.79. The van der Waals surface area contributed by atoms with Crippen LogP contribution in [0.1, 0.15) is 18.4 Å². The summed E-state index contributed by atoms with van der Waals surface area (Å²) in [5.41, 5.74) is 0.544. The van der Waals surface area contributed by atoms with E-state index in [0.29, 0.717) is 24.3 Å². The Balaban J connectivity index is 2.06. The highest BCUT2D eigenvalue weighted by atomic mass is 19.4. The predicted molar refractivity (Wildman–Crippen MR) is 62.8 cm³/mol. The second-order valence-corrected chi connectivity index (χ2v) is 3.82. The van der Waals surface area contributed by atoms with Gasteiger partial charge < -0.3 is 9.47 Å². The second-order valence-electron chi connectivity index (χ2n) is 3.82. The van der Waals surface area contributed by atoms with Crippen molar-refractivity contribution >= 4 is 0 Å². The van der Waals surface area contributed by atoms with Crippen LogP contribution in [0, 0.1) is 11.3 Å². The first-order valence-electron chi connectivity index (χ1n) is 5.79. The van der Waals surface area contributed by atoms with Crippen LogP contribution in [-0.2, 0) is 4.74 Å². The van der Waals surface area contributed by atoms with Crippen molar-refractivity contribution in [2.45, 2.75) is 19.0 Å². The molecular weight excluding hydrogens is 259 g/mol. The lowest BCUT2D eigenvalue weighted by molar-refractivity contribution is -0.145. The van der Waals surface area contributed by atoms with Crippen LogP contribution in [0.4, 0.5) is 13.2 Å². The van der Waals surface area contributed by atoms with Crippen molar-refractivity contribution in [3.05, 3.63) is 29.8 Å². The highest BCUT2D eigenvalue weighted by molar-refractivity contribution is 5.34. The zero-order valence-corrected chi connectivity index (χ0v) is 10.2. The molecule has 0 fully saturated rings. The van der Waals surface area contributed by atoms with Crippen LogP contribution in [-0.4, -0.2) is 26.0 Å². The fourth-order valence-corrected chi connectivity index (χ4v) is 1.27. The van der Waals surface area contributed by atoms with E-state index in [2.05, 4.69) is 0 Å². The summed E-state index contributed by atoms with van der Waals surface area (Å²) >= 11 is 0. The maximum Gasteiger partial charge on any atom is 0.391 e. The molecule has 6 heteroatoms. The van der Waals surface area contributed by atoms with Crippen molar-refractivity contribution in [1.82, 2.24) is 0 Å². The van der Waals surface area contributed by atoms with Crippen molar-refractivity contribution in [3.8, 4) is 11.8 Å². The third-order valence-corrected chi connectivity index (χ3v) is 2.22. The van der Waals surface area contributed by atoms with Gasteiger partial charge >= 0.3 is 6.18 Å². The molecule has 0 N–H and O–H groups in total. The van der Waals surface area contributed by atoms with Crippen molar-refractivity contribution < 1.29 is 22.6 Å². The number of nitrogens with zero attached hydrogens (tertiary/aromatic N) is 1. The predicted octanol–water partition coefficient (Wildman–Crippen LogP) is 3.30. The van der Waals surface area contributed by atoms with Crippen molar-refractivity contribution in [2.24, 2.45) is 0 Å². The SMILES string of the molecule is N#Cc1ccc(OCCCOCCC(F)(F)F)cc1. The topological polar surface area (TPSA) is 42.2 Å². The Kier molecular flexibility index (Phi) is 6.16. The van der Waals surface area contributed by atoms with Crippen LogP contribution in [0.15, 0.2) is 24.3 Å². The van der Waals surface area contributed by atoms with Crippen molar-refractivity contribution in [1.29, 1.82) is 5.26 Å². The fourth-order valence-electron chi connectivity index (χ4n) is 1.27. The molecule has 0 spiro atoms. The van der Waals surface area contributed by atoms with Gasteiger partial charge in [-0.2, -0.15) is 18.4 Å². The quantitative estimate of drug-likeness (QED) is 0.716. The molecule has 0 aliphatic carbocycles. The molecule has 104 valence electrons. The Hall–Kier alpha value is -1.74. The summed E-state index contributed by atoms with van der Waals surface area (Å²) in [7, 11) is 0. The van der Waals surface area contributed by atoms with Crippen LogP contribution in [0.25, 0.3) is 0 Å². The van der Waals surface area contributed by atoms with Gasteiger partial charge in [-0.1, -0.05) is 0 Å². The van der Waals surface area contributed by atoms with Gasteiger partial charge in [-0.15, -0.1) is 0 Å². The van der Waals surface area contributed by atoms with Crippen molar-refractivity contribution in [2.75, 3.05) is 19.8 Å². The molecule has 0 bridgehead atoms. The molecule has 0 aromatic heterocycles. The molecule has 0 amide bonds. The Morgan fingerprint density at radius 2 is 1.74 bits per heavy atom. The van der Waals surface area contributed by atoms with E-state index in [4.69, 9.17) is 14.7 Å². The molecule has 1 rings (SSSR count). The van der Waals surface area contributed by atoms with Gasteiger partial charge in [-0.25, -0.2) is 0 Å². The lowest BCUT2D eigenvalue weighted by Gasteiger charge is -2.08. The number of hydrogen-bond donors (Lipinski definition) is 0. The van der Waals surface area contributed by atoms with Crippen LogP contribution in [0.3, 0.4) is 0 Å². The summed E-state index contributed by atoms with van der Waals surface area (Å²) in [4.78, 5) is 0. The molecule has 0 saturated heterocycles. The highest BCUT2D eigenvalue weighted by Gasteiger charge is 2.26.